The normalized spacial score (nSPS) is 32.3. The van der Waals surface area contributed by atoms with E-state index in [-0.39, 0.29) is 0 Å². The van der Waals surface area contributed by atoms with E-state index >= 15 is 0 Å². The van der Waals surface area contributed by atoms with E-state index in [9.17, 15) is 0 Å². The van der Waals surface area contributed by atoms with Gasteiger partial charge in [0, 0.05) is 12.1 Å². The Hall–Kier alpha value is -0.0800. The van der Waals surface area contributed by atoms with Crippen LogP contribution in [-0.4, -0.2) is 30.1 Å². The van der Waals surface area contributed by atoms with Crippen molar-refractivity contribution in [1.82, 2.24) is 4.90 Å². The lowest BCUT2D eigenvalue weighted by Crippen LogP contribution is -2.55. The Bertz CT molecular complexity index is 252. The molecule has 2 aliphatic carbocycles. The minimum Gasteiger partial charge on any atom is -0.329 e. The van der Waals surface area contributed by atoms with Gasteiger partial charge in [-0.2, -0.15) is 0 Å². The van der Waals surface area contributed by atoms with E-state index in [0.717, 1.165) is 12.0 Å². The summed E-state index contributed by atoms with van der Waals surface area (Å²) in [4.78, 5) is 2.73. The topological polar surface area (TPSA) is 29.3 Å². The van der Waals surface area contributed by atoms with E-state index in [1.165, 1.54) is 77.3 Å². The first-order valence-electron chi connectivity index (χ1n) is 7.74. The third-order valence-corrected chi connectivity index (χ3v) is 6.06. The molecule has 0 radical (unpaired) electrons. The fraction of sp³-hybridized carbons (Fsp3) is 1.00. The van der Waals surface area contributed by atoms with E-state index in [0.29, 0.717) is 5.54 Å². The van der Waals surface area contributed by atoms with Crippen molar-refractivity contribution in [2.24, 2.45) is 11.1 Å². The zero-order valence-electron chi connectivity index (χ0n) is 11.2. The zero-order chi connectivity index (χ0) is 11.8. The average Bonchev–Trinajstić information content (AvgIpc) is 3.03. The van der Waals surface area contributed by atoms with Crippen LogP contribution in [0.5, 0.6) is 0 Å². The van der Waals surface area contributed by atoms with Crippen LogP contribution in [0.25, 0.3) is 0 Å². The summed E-state index contributed by atoms with van der Waals surface area (Å²) in [7, 11) is 0. The molecule has 3 aliphatic rings. The van der Waals surface area contributed by atoms with Crippen molar-refractivity contribution in [2.45, 2.75) is 69.7 Å². The monoisotopic (exact) mass is 236 g/mol. The quantitative estimate of drug-likeness (QED) is 0.799. The molecular formula is C15H28N2. The molecule has 3 fully saturated rings. The second kappa shape index (κ2) is 4.55. The van der Waals surface area contributed by atoms with Gasteiger partial charge in [-0.15, -0.1) is 0 Å². The molecular weight excluding hydrogens is 208 g/mol. The summed E-state index contributed by atoms with van der Waals surface area (Å²) in [6.45, 7) is 3.51. The Morgan fingerprint density at radius 2 is 1.35 bits per heavy atom. The van der Waals surface area contributed by atoms with Crippen LogP contribution < -0.4 is 5.73 Å². The Morgan fingerprint density at radius 1 is 0.765 bits per heavy atom. The van der Waals surface area contributed by atoms with Gasteiger partial charge in [0.15, 0.2) is 0 Å². The summed E-state index contributed by atoms with van der Waals surface area (Å²) >= 11 is 0. The summed E-state index contributed by atoms with van der Waals surface area (Å²) in [6.07, 6.45) is 14.5. The van der Waals surface area contributed by atoms with Crippen molar-refractivity contribution in [1.29, 1.82) is 0 Å². The van der Waals surface area contributed by atoms with Crippen molar-refractivity contribution in [3.8, 4) is 0 Å². The molecule has 2 saturated carbocycles. The predicted octanol–water partition coefficient (Wildman–Crippen LogP) is 2.91. The third kappa shape index (κ3) is 2.04. The lowest BCUT2D eigenvalue weighted by Gasteiger charge is -2.49. The van der Waals surface area contributed by atoms with Crippen molar-refractivity contribution < 1.29 is 0 Å². The molecule has 1 heterocycles. The van der Waals surface area contributed by atoms with Gasteiger partial charge in [0.2, 0.25) is 0 Å². The third-order valence-electron chi connectivity index (χ3n) is 6.06. The molecule has 0 unspecified atom stereocenters. The van der Waals surface area contributed by atoms with Gasteiger partial charge in [-0.3, -0.25) is 4.90 Å². The van der Waals surface area contributed by atoms with Gasteiger partial charge in [-0.05, 0) is 69.9 Å². The molecule has 3 rings (SSSR count). The van der Waals surface area contributed by atoms with Crippen molar-refractivity contribution in [3.05, 3.63) is 0 Å². The van der Waals surface area contributed by atoms with Crippen LogP contribution in [0.15, 0.2) is 0 Å². The van der Waals surface area contributed by atoms with E-state index in [4.69, 9.17) is 5.73 Å². The SMILES string of the molecule is NCC1(N2CCCC2)CCC2(CCCC2)CC1. The molecule has 0 atom stereocenters. The fourth-order valence-electron chi connectivity index (χ4n) is 4.71. The van der Waals surface area contributed by atoms with E-state index in [1.807, 2.05) is 0 Å². The Balaban J connectivity index is 1.68. The van der Waals surface area contributed by atoms with Gasteiger partial charge < -0.3 is 5.73 Å². The van der Waals surface area contributed by atoms with Crippen LogP contribution in [-0.2, 0) is 0 Å². The van der Waals surface area contributed by atoms with Crippen LogP contribution in [0.3, 0.4) is 0 Å². The van der Waals surface area contributed by atoms with Gasteiger partial charge in [0.05, 0.1) is 0 Å². The Labute approximate surface area is 106 Å². The molecule has 2 N–H and O–H groups in total. The highest BCUT2D eigenvalue weighted by Gasteiger charge is 2.46. The van der Waals surface area contributed by atoms with Crippen molar-refractivity contribution in [3.63, 3.8) is 0 Å². The van der Waals surface area contributed by atoms with Gasteiger partial charge in [-0.1, -0.05) is 12.8 Å². The van der Waals surface area contributed by atoms with Gasteiger partial charge in [0.1, 0.15) is 0 Å². The molecule has 0 aromatic heterocycles. The number of nitrogens with zero attached hydrogens (tertiary/aromatic N) is 1. The Morgan fingerprint density at radius 3 is 1.88 bits per heavy atom. The molecule has 1 saturated heterocycles. The van der Waals surface area contributed by atoms with E-state index in [2.05, 4.69) is 4.90 Å². The summed E-state index contributed by atoms with van der Waals surface area (Å²) < 4.78 is 0. The van der Waals surface area contributed by atoms with Crippen LogP contribution in [0.2, 0.25) is 0 Å². The average molecular weight is 236 g/mol. The maximum Gasteiger partial charge on any atom is 0.0332 e. The fourth-order valence-corrected chi connectivity index (χ4v) is 4.71. The van der Waals surface area contributed by atoms with E-state index < -0.39 is 0 Å². The first-order chi connectivity index (χ1) is 8.29. The van der Waals surface area contributed by atoms with Crippen LogP contribution in [0, 0.1) is 5.41 Å². The van der Waals surface area contributed by atoms with Crippen molar-refractivity contribution >= 4 is 0 Å². The van der Waals surface area contributed by atoms with E-state index in [1.54, 1.807) is 0 Å². The summed E-state index contributed by atoms with van der Waals surface area (Å²) in [5.41, 5.74) is 7.31. The maximum atomic E-state index is 6.16. The smallest absolute Gasteiger partial charge is 0.0332 e. The largest absolute Gasteiger partial charge is 0.329 e. The molecule has 98 valence electrons. The summed E-state index contributed by atoms with van der Waals surface area (Å²) in [5, 5.41) is 0. The maximum absolute atomic E-state index is 6.16. The number of hydrogen-bond acceptors (Lipinski definition) is 2. The zero-order valence-corrected chi connectivity index (χ0v) is 11.2. The molecule has 0 bridgehead atoms. The van der Waals surface area contributed by atoms with Crippen molar-refractivity contribution in [2.75, 3.05) is 19.6 Å². The lowest BCUT2D eigenvalue weighted by atomic mass is 9.66. The number of rotatable bonds is 2. The number of likely N-dealkylation sites (tertiary alicyclic amines) is 1. The van der Waals surface area contributed by atoms with Gasteiger partial charge in [0.25, 0.3) is 0 Å². The lowest BCUT2D eigenvalue weighted by molar-refractivity contribution is 0.0291. The first kappa shape index (κ1) is 12.0. The van der Waals surface area contributed by atoms with Crippen LogP contribution in [0.1, 0.15) is 64.2 Å². The molecule has 1 spiro atoms. The molecule has 17 heavy (non-hydrogen) atoms. The molecule has 0 aromatic rings. The summed E-state index contributed by atoms with van der Waals surface area (Å²) in [5.74, 6) is 0. The van der Waals surface area contributed by atoms with Gasteiger partial charge in [-0.25, -0.2) is 0 Å². The minimum absolute atomic E-state index is 0.393. The number of hydrogen-bond donors (Lipinski definition) is 1. The molecule has 2 heteroatoms. The van der Waals surface area contributed by atoms with Crippen LogP contribution in [0.4, 0.5) is 0 Å². The van der Waals surface area contributed by atoms with Crippen LogP contribution >= 0.6 is 0 Å². The molecule has 0 aromatic carbocycles. The highest BCUT2D eigenvalue weighted by atomic mass is 15.2. The highest BCUT2D eigenvalue weighted by Crippen LogP contribution is 2.52. The highest BCUT2D eigenvalue weighted by molar-refractivity contribution is 5.02. The first-order valence-corrected chi connectivity index (χ1v) is 7.74. The second-order valence-corrected chi connectivity index (χ2v) is 6.83. The minimum atomic E-state index is 0.393. The second-order valence-electron chi connectivity index (χ2n) is 6.83. The predicted molar refractivity (Wildman–Crippen MR) is 72.0 cm³/mol. The molecule has 0 amide bonds. The summed E-state index contributed by atoms with van der Waals surface area (Å²) in [6, 6.07) is 0. The Kier molecular flexibility index (Phi) is 3.20. The molecule has 2 nitrogen and oxygen atoms in total. The van der Waals surface area contributed by atoms with Gasteiger partial charge >= 0.3 is 0 Å². The number of nitrogens with two attached hydrogens (primary N) is 1. The standard InChI is InChI=1S/C15H28N2/c16-13-15(17-11-3-4-12-17)9-7-14(8-10-15)5-1-2-6-14/h1-13,16H2. The molecule has 1 aliphatic heterocycles.